The molecule has 0 spiro atoms. The number of aliphatic hydroxyl groups excluding tert-OH is 1. The summed E-state index contributed by atoms with van der Waals surface area (Å²) in [6, 6.07) is 12.4. The van der Waals surface area contributed by atoms with Crippen molar-refractivity contribution >= 4 is 77.0 Å². The van der Waals surface area contributed by atoms with E-state index < -0.39 is 180 Å². The van der Waals surface area contributed by atoms with Crippen LogP contribution in [0, 0.1) is 23.7 Å². The molecule has 3 aromatic carbocycles. The first-order chi connectivity index (χ1) is 42.1. The van der Waals surface area contributed by atoms with Crippen molar-refractivity contribution in [2.75, 3.05) is 20.2 Å². The molecule has 3 aromatic rings. The fraction of sp³-hybridized carbons (Fsp3) is 0.492. The van der Waals surface area contributed by atoms with Gasteiger partial charge in [-0.2, -0.15) is 0 Å². The smallest absolute Gasteiger partial charge is 0.326 e. The fourth-order valence-electron chi connectivity index (χ4n) is 10.1. The van der Waals surface area contributed by atoms with E-state index >= 15 is 0 Å². The summed E-state index contributed by atoms with van der Waals surface area (Å²) in [5.74, 6) is -16.6. The highest BCUT2D eigenvalue weighted by molar-refractivity contribution is 6.00. The molecule has 482 valence electrons. The van der Waals surface area contributed by atoms with E-state index in [9.17, 15) is 77.6 Å². The third kappa shape index (κ3) is 20.7. The van der Waals surface area contributed by atoms with Gasteiger partial charge < -0.3 is 78.5 Å². The minimum atomic E-state index is -1.94. The Morgan fingerprint density at radius 3 is 1.57 bits per heavy atom. The van der Waals surface area contributed by atoms with Crippen LogP contribution in [0.15, 0.2) is 91.0 Å². The van der Waals surface area contributed by atoms with Crippen molar-refractivity contribution in [3.63, 3.8) is 0 Å². The van der Waals surface area contributed by atoms with E-state index in [2.05, 4.69) is 47.9 Å². The zero-order valence-electron chi connectivity index (χ0n) is 50.6. The van der Waals surface area contributed by atoms with Gasteiger partial charge in [-0.05, 0) is 61.6 Å². The van der Waals surface area contributed by atoms with Gasteiger partial charge in [0.05, 0.1) is 50.1 Å². The molecular weight excluding hydrogens is 1160 g/mol. The summed E-state index contributed by atoms with van der Waals surface area (Å²) in [7, 11) is 1.04. The van der Waals surface area contributed by atoms with Crippen LogP contribution in [0.1, 0.15) is 77.5 Å². The monoisotopic (exact) mass is 1240 g/mol. The number of benzene rings is 3. The lowest BCUT2D eigenvalue weighted by molar-refractivity contribution is -0.144. The highest BCUT2D eigenvalue weighted by Gasteiger charge is 2.61. The number of likely N-dealkylation sites (tertiary alicyclic amines) is 1. The molecule has 89 heavy (non-hydrogen) atoms. The number of nitrogens with zero attached hydrogens (tertiary/aromatic N) is 1. The fourth-order valence-corrected chi connectivity index (χ4v) is 10.1. The second-order valence-corrected chi connectivity index (χ2v) is 22.8. The Morgan fingerprint density at radius 2 is 1.06 bits per heavy atom. The molecule has 5 rings (SSSR count). The number of carbonyl (C=O) groups excluding carboxylic acids is 11. The summed E-state index contributed by atoms with van der Waals surface area (Å²) in [5, 5.41) is 52.6. The molecule has 10 amide bonds. The number of hydrogen-bond acceptors (Lipinski definition) is 16. The van der Waals surface area contributed by atoms with Crippen molar-refractivity contribution in [1.29, 1.82) is 0 Å². The number of rotatable bonds is 32. The maximum Gasteiger partial charge on any atom is 0.326 e. The van der Waals surface area contributed by atoms with Gasteiger partial charge in [0.15, 0.2) is 0 Å². The predicted molar refractivity (Wildman–Crippen MR) is 318 cm³/mol. The third-order valence-corrected chi connectivity index (χ3v) is 15.2. The summed E-state index contributed by atoms with van der Waals surface area (Å²) in [6.45, 7) is 8.14. The van der Waals surface area contributed by atoms with Crippen LogP contribution in [0.3, 0.4) is 0 Å². The molecule has 0 radical (unpaired) electrons. The van der Waals surface area contributed by atoms with Crippen LogP contribution in [0.5, 0.6) is 0 Å². The molecule has 28 nitrogen and oxygen atoms in total. The predicted octanol–water partition coefficient (Wildman–Crippen LogP) is -2.28. The molecule has 2 fully saturated rings. The van der Waals surface area contributed by atoms with Crippen LogP contribution in [-0.2, 0) is 86.3 Å². The number of ether oxygens (including phenoxy) is 1. The Morgan fingerprint density at radius 1 is 0.551 bits per heavy atom. The number of aliphatic carboxylic acids is 2. The minimum Gasteiger partial charge on any atom is -0.481 e. The maximum atomic E-state index is 14.0. The molecule has 2 aliphatic rings. The average molecular weight is 1240 g/mol. The maximum absolute atomic E-state index is 14.0. The van der Waals surface area contributed by atoms with Gasteiger partial charge in [-0.3, -0.25) is 57.5 Å². The second kappa shape index (κ2) is 33.2. The van der Waals surface area contributed by atoms with Gasteiger partial charge in [0.2, 0.25) is 59.1 Å². The second-order valence-electron chi connectivity index (χ2n) is 22.8. The lowest BCUT2D eigenvalue weighted by atomic mass is 10.0. The van der Waals surface area contributed by atoms with E-state index in [0.717, 1.165) is 19.6 Å². The zero-order chi connectivity index (χ0) is 65.8. The number of amides is 10. The summed E-state index contributed by atoms with van der Waals surface area (Å²) in [5.41, 5.74) is 8.21. The van der Waals surface area contributed by atoms with Crippen molar-refractivity contribution < 1.29 is 82.4 Å². The van der Waals surface area contributed by atoms with Gasteiger partial charge in [-0.25, -0.2) is 4.79 Å². The van der Waals surface area contributed by atoms with Gasteiger partial charge in [0.1, 0.15) is 48.3 Å². The SMILES string of the molecule is COC(=O)[C@H]1[C@H](NC(=O)[C@@H](NC(=O)[C@@H](N)Cc2ccccc2)C(C)C)[C@@H]1C(=O)N[C@H](C(=O)N[C@@H](CC(=O)O)C(=O)N[C@H](C(=O)NCC(=O)N1CCC[C@H]1C(=O)N[C@@H](Cc1ccccc1)C(=O)N[C@@H](C)C(=O)N[C@@H](Cc1ccccc1)C(=O)O)C(C)C)[C@@H](C)O. The molecular formula is C61H81N11O17. The van der Waals surface area contributed by atoms with Crippen molar-refractivity contribution in [1.82, 2.24) is 52.8 Å². The van der Waals surface area contributed by atoms with Crippen LogP contribution >= 0.6 is 0 Å². The van der Waals surface area contributed by atoms with E-state index in [1.807, 2.05) is 0 Å². The molecule has 1 saturated carbocycles. The number of carboxylic acids is 2. The lowest BCUT2D eigenvalue weighted by Crippen LogP contribution is -2.60. The molecule has 0 bridgehead atoms. The molecule has 14 N–H and O–H groups in total. The Kier molecular flexibility index (Phi) is 26.2. The molecule has 0 aromatic heterocycles. The first kappa shape index (κ1) is 70.5. The summed E-state index contributed by atoms with van der Waals surface area (Å²) < 4.78 is 4.86. The molecule has 0 unspecified atom stereocenters. The molecule has 1 aliphatic carbocycles. The third-order valence-electron chi connectivity index (χ3n) is 15.2. The molecule has 13 atom stereocenters. The number of methoxy groups -OCH3 is 1. The number of hydrogen-bond donors (Lipinski definition) is 13. The van der Waals surface area contributed by atoms with Crippen molar-refractivity contribution in [2.24, 2.45) is 29.4 Å². The van der Waals surface area contributed by atoms with Crippen LogP contribution < -0.4 is 53.6 Å². The average Bonchev–Trinajstić information content (AvgIpc) is 1.62. The summed E-state index contributed by atoms with van der Waals surface area (Å²) >= 11 is 0. The van der Waals surface area contributed by atoms with Gasteiger partial charge in [-0.1, -0.05) is 119 Å². The van der Waals surface area contributed by atoms with Crippen LogP contribution in [0.4, 0.5) is 0 Å². The molecule has 28 heteroatoms. The number of nitrogens with one attached hydrogen (secondary N) is 9. The Labute approximate surface area is 514 Å². The van der Waals surface area contributed by atoms with Gasteiger partial charge in [0.25, 0.3) is 0 Å². The first-order valence-corrected chi connectivity index (χ1v) is 29.2. The van der Waals surface area contributed by atoms with E-state index in [-0.39, 0.29) is 32.2 Å². The number of carboxylic acid groups (broad SMARTS) is 2. The van der Waals surface area contributed by atoms with Crippen LogP contribution in [0.25, 0.3) is 0 Å². The van der Waals surface area contributed by atoms with Crippen LogP contribution in [0.2, 0.25) is 0 Å². The normalized spacial score (nSPS) is 18.9. The largest absolute Gasteiger partial charge is 0.481 e. The molecule has 1 saturated heterocycles. The highest BCUT2D eigenvalue weighted by Crippen LogP contribution is 2.41. The lowest BCUT2D eigenvalue weighted by Gasteiger charge is -2.28. The van der Waals surface area contributed by atoms with Crippen molar-refractivity contribution in [3.05, 3.63) is 108 Å². The highest BCUT2D eigenvalue weighted by atomic mass is 16.5. The number of aliphatic hydroxyl groups is 1. The van der Waals surface area contributed by atoms with Gasteiger partial charge in [0, 0.05) is 19.4 Å². The number of carbonyl (C=O) groups is 13. The van der Waals surface area contributed by atoms with Crippen molar-refractivity contribution in [2.45, 2.75) is 147 Å². The van der Waals surface area contributed by atoms with E-state index in [1.54, 1.807) is 105 Å². The van der Waals surface area contributed by atoms with Crippen LogP contribution in [-0.4, -0.2) is 184 Å². The van der Waals surface area contributed by atoms with Gasteiger partial charge in [-0.15, -0.1) is 0 Å². The first-order valence-electron chi connectivity index (χ1n) is 29.2. The minimum absolute atomic E-state index is 0.0307. The standard InChI is InChI=1S/C61H81N11O17/c1-31(2)47(57(83)63-30-43(74)72-25-17-24-42(72)55(81)65-39(27-36-20-13-9-14-21-36)53(79)64-33(5)51(77)67-41(60(86)87)28-37-22-15-10-16-23-37)69-54(80)40(29-44(75)76)66-59(85)49(34(6)73)70-56(82)45-46(61(88)89-7)50(45)71-58(84)48(32(3)4)68-52(78)38(62)26-35-18-11-8-12-19-35/h8-16,18-23,31-34,38-42,45-50,73H,17,24-30,62H2,1-7H3,(H,63,83)(H,64,79)(H,65,81)(H,66,85)(H,67,77)(H,68,78)(H,69,80)(H,70,82)(H,71,84)(H,75,76)(H,86,87)/t33-,34+,38-,39-,40-,41-,42-,45+,46+,47-,48-,49-,50+/m0/s1. The quantitative estimate of drug-likeness (QED) is 0.0293. The van der Waals surface area contributed by atoms with Crippen molar-refractivity contribution in [3.8, 4) is 0 Å². The van der Waals surface area contributed by atoms with Gasteiger partial charge >= 0.3 is 17.9 Å². The molecule has 1 aliphatic heterocycles. The zero-order valence-corrected chi connectivity index (χ0v) is 50.6. The Hall–Kier alpha value is -9.31. The van der Waals surface area contributed by atoms with E-state index in [1.165, 1.54) is 25.7 Å². The van der Waals surface area contributed by atoms with E-state index in [4.69, 9.17) is 10.5 Å². The topological polar surface area (TPSA) is 429 Å². The number of esters is 1. The molecule has 1 heterocycles. The Bertz CT molecular complexity index is 3030. The Balaban J connectivity index is 1.19. The summed E-state index contributed by atoms with van der Waals surface area (Å²) in [4.78, 5) is 175. The number of nitrogens with two attached hydrogens (primary N) is 1. The summed E-state index contributed by atoms with van der Waals surface area (Å²) in [6.07, 6.45) is -2.21. The van der Waals surface area contributed by atoms with E-state index in [0.29, 0.717) is 17.5 Å².